The quantitative estimate of drug-likeness (QED) is 0.707. The van der Waals surface area contributed by atoms with Gasteiger partial charge in [-0.05, 0) is 31.7 Å². The second-order valence-electron chi connectivity index (χ2n) is 4.17. The van der Waals surface area contributed by atoms with E-state index >= 15 is 0 Å². The number of sulfonamides is 1. The number of benzene rings is 1. The molecule has 0 saturated heterocycles. The van der Waals surface area contributed by atoms with Gasteiger partial charge in [0.1, 0.15) is 11.9 Å². The molecule has 3 N–H and O–H groups in total. The van der Waals surface area contributed by atoms with Crippen LogP contribution in [0.4, 0.5) is 10.1 Å². The summed E-state index contributed by atoms with van der Waals surface area (Å²) in [7, 11) is -2.50. The van der Waals surface area contributed by atoms with Gasteiger partial charge in [0.25, 0.3) is 0 Å². The van der Waals surface area contributed by atoms with Gasteiger partial charge in [-0.15, -0.1) is 0 Å². The molecule has 0 aliphatic heterocycles. The van der Waals surface area contributed by atoms with Crippen LogP contribution in [0.5, 0.6) is 0 Å². The Kier molecular flexibility index (Phi) is 5.46. The molecule has 0 fully saturated rings. The van der Waals surface area contributed by atoms with Crippen LogP contribution in [0, 0.1) is 5.82 Å². The lowest BCUT2D eigenvalue weighted by Gasteiger charge is -2.16. The van der Waals surface area contributed by atoms with Crippen LogP contribution in [0.15, 0.2) is 23.1 Å². The molecule has 0 aliphatic carbocycles. The minimum absolute atomic E-state index is 0.0408. The maximum Gasteiger partial charge on any atom is 0.326 e. The Bertz CT molecular complexity index is 589. The topological polar surface area (TPSA) is 95.5 Å². The van der Waals surface area contributed by atoms with Crippen molar-refractivity contribution in [1.82, 2.24) is 4.72 Å². The van der Waals surface area contributed by atoms with E-state index in [1.807, 2.05) is 6.92 Å². The normalized spacial score (nSPS) is 12.9. The van der Waals surface area contributed by atoms with E-state index in [1.54, 1.807) is 0 Å². The van der Waals surface area contributed by atoms with Crippen LogP contribution in [0.25, 0.3) is 0 Å². The minimum Gasteiger partial charge on any atom is -0.480 e. The summed E-state index contributed by atoms with van der Waals surface area (Å²) in [5, 5.41) is 11.5. The Labute approximate surface area is 117 Å². The third-order valence-electron chi connectivity index (χ3n) is 2.72. The van der Waals surface area contributed by atoms with Gasteiger partial charge in [0.2, 0.25) is 10.0 Å². The number of halogens is 1. The van der Waals surface area contributed by atoms with Gasteiger partial charge in [0, 0.05) is 0 Å². The van der Waals surface area contributed by atoms with E-state index < -0.39 is 27.9 Å². The van der Waals surface area contributed by atoms with E-state index in [-0.39, 0.29) is 10.6 Å². The molecule has 0 bridgehead atoms. The van der Waals surface area contributed by atoms with Crippen LogP contribution < -0.4 is 10.0 Å². The van der Waals surface area contributed by atoms with Crippen LogP contribution in [0.2, 0.25) is 0 Å². The van der Waals surface area contributed by atoms with Crippen molar-refractivity contribution >= 4 is 21.7 Å². The van der Waals surface area contributed by atoms with Gasteiger partial charge >= 0.3 is 5.97 Å². The first kappa shape index (κ1) is 16.4. The number of anilines is 1. The van der Waals surface area contributed by atoms with Gasteiger partial charge in [-0.3, -0.25) is 0 Å². The van der Waals surface area contributed by atoms with E-state index in [4.69, 9.17) is 5.11 Å². The van der Waals surface area contributed by atoms with Crippen molar-refractivity contribution in [1.29, 1.82) is 0 Å². The van der Waals surface area contributed by atoms with Gasteiger partial charge < -0.3 is 10.4 Å². The lowest BCUT2D eigenvalue weighted by atomic mass is 10.1. The molecular formula is C12H17FN2O4S. The van der Waals surface area contributed by atoms with Crippen molar-refractivity contribution in [2.75, 3.05) is 12.4 Å². The molecule has 8 heteroatoms. The van der Waals surface area contributed by atoms with Gasteiger partial charge in [0.15, 0.2) is 0 Å². The summed E-state index contributed by atoms with van der Waals surface area (Å²) >= 11 is 0. The van der Waals surface area contributed by atoms with E-state index in [0.29, 0.717) is 12.8 Å². The van der Waals surface area contributed by atoms with Crippen LogP contribution in [0.1, 0.15) is 19.8 Å². The highest BCUT2D eigenvalue weighted by Gasteiger charge is 2.19. The minimum atomic E-state index is -3.73. The van der Waals surface area contributed by atoms with E-state index in [2.05, 4.69) is 10.0 Å². The first-order chi connectivity index (χ1) is 9.31. The lowest BCUT2D eigenvalue weighted by molar-refractivity contribution is -0.138. The molecular weight excluding hydrogens is 287 g/mol. The molecule has 0 aromatic heterocycles. The predicted octanol–water partition coefficient (Wildman–Crippen LogP) is 1.40. The number of nitrogens with one attached hydrogen (secondary N) is 2. The molecule has 112 valence electrons. The molecule has 0 radical (unpaired) electrons. The number of carbonyl (C=O) groups is 1. The zero-order valence-corrected chi connectivity index (χ0v) is 12.0. The number of carboxylic acid groups (broad SMARTS) is 1. The van der Waals surface area contributed by atoms with Crippen LogP contribution >= 0.6 is 0 Å². The summed E-state index contributed by atoms with van der Waals surface area (Å²) in [4.78, 5) is 10.8. The van der Waals surface area contributed by atoms with Crippen LogP contribution in [-0.2, 0) is 14.8 Å². The van der Waals surface area contributed by atoms with Crippen molar-refractivity contribution in [2.45, 2.75) is 30.7 Å². The van der Waals surface area contributed by atoms with Gasteiger partial charge in [-0.25, -0.2) is 22.3 Å². The Hall–Kier alpha value is -1.67. The van der Waals surface area contributed by atoms with Crippen molar-refractivity contribution in [3.8, 4) is 0 Å². The third kappa shape index (κ3) is 3.91. The predicted molar refractivity (Wildman–Crippen MR) is 72.6 cm³/mol. The molecule has 1 aromatic rings. The Morgan fingerprint density at radius 2 is 2.10 bits per heavy atom. The molecule has 1 unspecified atom stereocenters. The zero-order chi connectivity index (χ0) is 15.3. The Balaban J connectivity index is 3.02. The fraction of sp³-hybridized carbons (Fsp3) is 0.417. The Morgan fingerprint density at radius 1 is 1.45 bits per heavy atom. The second-order valence-corrected chi connectivity index (χ2v) is 6.06. The summed E-state index contributed by atoms with van der Waals surface area (Å²) in [6, 6.07) is 2.35. The summed E-state index contributed by atoms with van der Waals surface area (Å²) < 4.78 is 38.9. The first-order valence-electron chi connectivity index (χ1n) is 6.04. The van der Waals surface area contributed by atoms with Crippen molar-refractivity contribution in [3.05, 3.63) is 24.0 Å². The zero-order valence-electron chi connectivity index (χ0n) is 11.2. The first-order valence-corrected chi connectivity index (χ1v) is 7.52. The number of hydrogen-bond donors (Lipinski definition) is 3. The molecule has 0 saturated carbocycles. The Morgan fingerprint density at radius 3 is 2.55 bits per heavy atom. The van der Waals surface area contributed by atoms with E-state index in [0.717, 1.165) is 6.07 Å². The van der Waals surface area contributed by atoms with E-state index in [1.165, 1.54) is 19.2 Å². The van der Waals surface area contributed by atoms with Crippen molar-refractivity contribution in [2.24, 2.45) is 0 Å². The SMILES string of the molecule is CCCC(Nc1ccc(S(=O)(=O)NC)cc1F)C(=O)O. The molecule has 1 atom stereocenters. The summed E-state index contributed by atoms with van der Waals surface area (Å²) in [5.41, 5.74) is -0.0408. The summed E-state index contributed by atoms with van der Waals surface area (Å²) in [6.45, 7) is 1.82. The van der Waals surface area contributed by atoms with E-state index in [9.17, 15) is 17.6 Å². The average Bonchev–Trinajstić information content (AvgIpc) is 2.39. The maximum atomic E-state index is 13.8. The van der Waals surface area contributed by atoms with Crippen LogP contribution in [0.3, 0.4) is 0 Å². The second kappa shape index (κ2) is 6.67. The van der Waals surface area contributed by atoms with Gasteiger partial charge in [-0.1, -0.05) is 13.3 Å². The molecule has 1 rings (SSSR count). The largest absolute Gasteiger partial charge is 0.480 e. The third-order valence-corrected chi connectivity index (χ3v) is 4.14. The maximum absolute atomic E-state index is 13.8. The smallest absolute Gasteiger partial charge is 0.326 e. The summed E-state index contributed by atoms with van der Waals surface area (Å²) in [6.07, 6.45) is 0.961. The molecule has 0 heterocycles. The van der Waals surface area contributed by atoms with Crippen molar-refractivity contribution in [3.63, 3.8) is 0 Å². The molecule has 20 heavy (non-hydrogen) atoms. The number of aliphatic carboxylic acids is 1. The molecule has 0 aliphatic rings. The fourth-order valence-electron chi connectivity index (χ4n) is 1.63. The average molecular weight is 304 g/mol. The number of carboxylic acids is 1. The molecule has 0 amide bonds. The van der Waals surface area contributed by atoms with Gasteiger partial charge in [0.05, 0.1) is 10.6 Å². The highest BCUT2D eigenvalue weighted by Crippen LogP contribution is 2.20. The van der Waals surface area contributed by atoms with Gasteiger partial charge in [-0.2, -0.15) is 0 Å². The number of hydrogen-bond acceptors (Lipinski definition) is 4. The van der Waals surface area contributed by atoms with Crippen molar-refractivity contribution < 1.29 is 22.7 Å². The molecule has 0 spiro atoms. The molecule has 1 aromatic carbocycles. The standard InChI is InChI=1S/C12H17FN2O4S/c1-3-4-11(12(16)17)15-10-6-5-8(7-9(10)13)20(18,19)14-2/h5-7,11,14-15H,3-4H2,1-2H3,(H,16,17). The monoisotopic (exact) mass is 304 g/mol. The molecule has 6 nitrogen and oxygen atoms in total. The highest BCUT2D eigenvalue weighted by atomic mass is 32.2. The van der Waals surface area contributed by atoms with Crippen LogP contribution in [-0.4, -0.2) is 32.6 Å². The highest BCUT2D eigenvalue weighted by molar-refractivity contribution is 7.89. The summed E-state index contributed by atoms with van der Waals surface area (Å²) in [5.74, 6) is -1.90. The number of rotatable bonds is 7. The lowest BCUT2D eigenvalue weighted by Crippen LogP contribution is -2.29. The fourth-order valence-corrected chi connectivity index (χ4v) is 2.37.